The van der Waals surface area contributed by atoms with Gasteiger partial charge in [0.1, 0.15) is 5.56 Å². The normalized spacial score (nSPS) is 10.6. The van der Waals surface area contributed by atoms with Crippen LogP contribution in [0.2, 0.25) is 0 Å². The van der Waals surface area contributed by atoms with Crippen LogP contribution < -0.4 is 5.56 Å². The zero-order chi connectivity index (χ0) is 11.7. The fourth-order valence-corrected chi connectivity index (χ4v) is 1.75. The van der Waals surface area contributed by atoms with Gasteiger partial charge in [-0.1, -0.05) is 25.1 Å². The zero-order valence-corrected chi connectivity index (χ0v) is 8.78. The zero-order valence-electron chi connectivity index (χ0n) is 8.78. The molecule has 0 fully saturated rings. The van der Waals surface area contributed by atoms with E-state index in [0.29, 0.717) is 0 Å². The van der Waals surface area contributed by atoms with E-state index in [2.05, 4.69) is 4.98 Å². The average molecular weight is 217 g/mol. The second-order valence-electron chi connectivity index (χ2n) is 3.55. The summed E-state index contributed by atoms with van der Waals surface area (Å²) in [6.45, 7) is 1.98. The van der Waals surface area contributed by atoms with Gasteiger partial charge in [0.05, 0.1) is 5.52 Å². The van der Waals surface area contributed by atoms with Gasteiger partial charge in [-0.15, -0.1) is 0 Å². The molecule has 0 aliphatic heterocycles. The Bertz CT molecular complexity index is 613. The maximum absolute atomic E-state index is 11.5. The molecule has 2 aromatic rings. The van der Waals surface area contributed by atoms with Crippen LogP contribution in [0, 0.1) is 0 Å². The number of aromatic nitrogens is 1. The number of para-hydroxylation sites is 1. The number of aryl methyl sites for hydroxylation is 1. The number of benzene rings is 1. The van der Waals surface area contributed by atoms with Gasteiger partial charge in [-0.25, -0.2) is 4.79 Å². The average Bonchev–Trinajstić information content (AvgIpc) is 2.27. The highest BCUT2D eigenvalue weighted by atomic mass is 16.4. The summed E-state index contributed by atoms with van der Waals surface area (Å²) in [5.41, 5.74) is 0.952. The second kappa shape index (κ2) is 3.81. The number of aromatic amines is 1. The quantitative estimate of drug-likeness (QED) is 0.805. The molecule has 2 rings (SSSR count). The van der Waals surface area contributed by atoms with Crippen LogP contribution in [0.1, 0.15) is 22.8 Å². The minimum atomic E-state index is -1.20. The first-order valence-electron chi connectivity index (χ1n) is 5.01. The molecule has 0 saturated carbocycles. The van der Waals surface area contributed by atoms with Crippen molar-refractivity contribution in [1.82, 2.24) is 4.98 Å². The summed E-state index contributed by atoms with van der Waals surface area (Å²) in [5.74, 6) is -1.20. The van der Waals surface area contributed by atoms with E-state index in [9.17, 15) is 9.59 Å². The summed E-state index contributed by atoms with van der Waals surface area (Å²) in [6.07, 6.45) is 0.791. The Labute approximate surface area is 91.5 Å². The van der Waals surface area contributed by atoms with Crippen molar-refractivity contribution < 1.29 is 9.90 Å². The summed E-state index contributed by atoms with van der Waals surface area (Å²) < 4.78 is 0. The highest BCUT2D eigenvalue weighted by Crippen LogP contribution is 2.16. The molecule has 2 N–H and O–H groups in total. The number of carbonyl (C=O) groups is 1. The van der Waals surface area contributed by atoms with Crippen LogP contribution in [-0.2, 0) is 6.42 Å². The van der Waals surface area contributed by atoms with Crippen molar-refractivity contribution in [2.24, 2.45) is 0 Å². The Morgan fingerprint density at radius 1 is 1.44 bits per heavy atom. The Balaban J connectivity index is 2.83. The molecular formula is C12H11NO3. The van der Waals surface area contributed by atoms with Gasteiger partial charge in [-0.2, -0.15) is 0 Å². The van der Waals surface area contributed by atoms with Gasteiger partial charge in [0.2, 0.25) is 0 Å². The monoisotopic (exact) mass is 217 g/mol. The molecule has 0 unspecified atom stereocenters. The number of carboxylic acid groups (broad SMARTS) is 1. The van der Waals surface area contributed by atoms with Crippen LogP contribution in [0.3, 0.4) is 0 Å². The van der Waals surface area contributed by atoms with Crippen molar-refractivity contribution in [2.45, 2.75) is 13.3 Å². The summed E-state index contributed by atoms with van der Waals surface area (Å²) in [5, 5.41) is 9.58. The van der Waals surface area contributed by atoms with Crippen LogP contribution in [0.4, 0.5) is 0 Å². The first-order valence-corrected chi connectivity index (χ1v) is 5.01. The number of carboxylic acids is 1. The summed E-state index contributed by atoms with van der Waals surface area (Å²) in [4.78, 5) is 24.9. The highest BCUT2D eigenvalue weighted by Gasteiger charge is 2.10. The van der Waals surface area contributed by atoms with E-state index in [1.54, 1.807) is 6.07 Å². The first kappa shape index (κ1) is 10.4. The molecule has 1 aromatic heterocycles. The number of nitrogens with one attached hydrogen (secondary N) is 1. The molecule has 0 spiro atoms. The molecular weight excluding hydrogens is 206 g/mol. The molecule has 1 aromatic carbocycles. The van der Waals surface area contributed by atoms with Gasteiger partial charge in [0.15, 0.2) is 0 Å². The lowest BCUT2D eigenvalue weighted by molar-refractivity contribution is 0.0695. The lowest BCUT2D eigenvalue weighted by Gasteiger charge is -2.04. The van der Waals surface area contributed by atoms with E-state index in [4.69, 9.17) is 5.11 Å². The van der Waals surface area contributed by atoms with Crippen LogP contribution in [0.25, 0.3) is 10.9 Å². The molecule has 0 radical (unpaired) electrons. The Morgan fingerprint density at radius 2 is 2.19 bits per heavy atom. The molecule has 0 atom stereocenters. The van der Waals surface area contributed by atoms with Gasteiger partial charge in [0, 0.05) is 0 Å². The van der Waals surface area contributed by atoms with Crippen LogP contribution >= 0.6 is 0 Å². The van der Waals surface area contributed by atoms with Crippen molar-refractivity contribution in [3.05, 3.63) is 45.7 Å². The first-order chi connectivity index (χ1) is 7.63. The molecule has 0 aliphatic rings. The Kier molecular flexibility index (Phi) is 2.48. The fourth-order valence-electron chi connectivity index (χ4n) is 1.75. The van der Waals surface area contributed by atoms with Crippen molar-refractivity contribution in [1.29, 1.82) is 0 Å². The molecule has 4 heteroatoms. The summed E-state index contributed by atoms with van der Waals surface area (Å²) in [7, 11) is 0. The van der Waals surface area contributed by atoms with E-state index in [-0.39, 0.29) is 5.56 Å². The molecule has 0 bridgehead atoms. The standard InChI is InChI=1S/C12H11NO3/c1-2-7-4-3-5-8-6-9(12(15)16)11(14)13-10(7)8/h3-6H,2H2,1H3,(H,13,14)(H,15,16). The van der Waals surface area contributed by atoms with E-state index >= 15 is 0 Å². The Morgan fingerprint density at radius 3 is 2.81 bits per heavy atom. The number of hydrogen-bond donors (Lipinski definition) is 2. The number of fused-ring (bicyclic) bond motifs is 1. The van der Waals surface area contributed by atoms with Crippen LogP contribution in [0.5, 0.6) is 0 Å². The molecule has 0 saturated heterocycles. The molecule has 82 valence electrons. The van der Waals surface area contributed by atoms with Crippen molar-refractivity contribution in [2.75, 3.05) is 0 Å². The number of rotatable bonds is 2. The van der Waals surface area contributed by atoms with E-state index < -0.39 is 11.5 Å². The van der Waals surface area contributed by atoms with Gasteiger partial charge >= 0.3 is 5.97 Å². The molecule has 1 heterocycles. The molecule has 16 heavy (non-hydrogen) atoms. The van der Waals surface area contributed by atoms with Crippen molar-refractivity contribution in [3.63, 3.8) is 0 Å². The molecule has 0 aliphatic carbocycles. The molecule has 0 amide bonds. The van der Waals surface area contributed by atoms with E-state index in [1.807, 2.05) is 19.1 Å². The van der Waals surface area contributed by atoms with Crippen LogP contribution in [-0.4, -0.2) is 16.1 Å². The lowest BCUT2D eigenvalue weighted by atomic mass is 10.1. The van der Waals surface area contributed by atoms with Crippen LogP contribution in [0.15, 0.2) is 29.1 Å². The predicted octanol–water partition coefficient (Wildman–Crippen LogP) is 1.79. The third-order valence-electron chi connectivity index (χ3n) is 2.58. The van der Waals surface area contributed by atoms with E-state index in [0.717, 1.165) is 22.9 Å². The van der Waals surface area contributed by atoms with Gasteiger partial charge < -0.3 is 10.1 Å². The number of aromatic carboxylic acids is 1. The van der Waals surface area contributed by atoms with Crippen molar-refractivity contribution in [3.8, 4) is 0 Å². The maximum Gasteiger partial charge on any atom is 0.341 e. The number of pyridine rings is 1. The minimum Gasteiger partial charge on any atom is -0.477 e. The smallest absolute Gasteiger partial charge is 0.341 e. The largest absolute Gasteiger partial charge is 0.477 e. The minimum absolute atomic E-state index is 0.222. The Hall–Kier alpha value is -2.10. The number of hydrogen-bond acceptors (Lipinski definition) is 2. The second-order valence-corrected chi connectivity index (χ2v) is 3.55. The third-order valence-corrected chi connectivity index (χ3v) is 2.58. The highest BCUT2D eigenvalue weighted by molar-refractivity contribution is 5.93. The SMILES string of the molecule is CCc1cccc2cc(C(=O)O)c(=O)[nH]c12. The maximum atomic E-state index is 11.5. The fraction of sp³-hybridized carbons (Fsp3) is 0.167. The topological polar surface area (TPSA) is 70.2 Å². The third kappa shape index (κ3) is 1.58. The van der Waals surface area contributed by atoms with E-state index in [1.165, 1.54) is 6.07 Å². The van der Waals surface area contributed by atoms with Gasteiger partial charge in [-0.05, 0) is 23.4 Å². The summed E-state index contributed by atoms with van der Waals surface area (Å²) >= 11 is 0. The van der Waals surface area contributed by atoms with Crippen molar-refractivity contribution >= 4 is 16.9 Å². The molecule has 4 nitrogen and oxygen atoms in total. The van der Waals surface area contributed by atoms with Gasteiger partial charge in [0.25, 0.3) is 5.56 Å². The summed E-state index contributed by atoms with van der Waals surface area (Å²) in [6, 6.07) is 6.97. The lowest BCUT2D eigenvalue weighted by Crippen LogP contribution is -2.17. The predicted molar refractivity (Wildman–Crippen MR) is 60.9 cm³/mol. The van der Waals surface area contributed by atoms with Gasteiger partial charge in [-0.3, -0.25) is 4.79 Å². The number of H-pyrrole nitrogens is 1.